The molecule has 1 fully saturated rings. The van der Waals surface area contributed by atoms with E-state index in [2.05, 4.69) is 12.2 Å². The molecule has 0 saturated carbocycles. The van der Waals surface area contributed by atoms with Crippen LogP contribution in [0, 0.1) is 5.92 Å². The van der Waals surface area contributed by atoms with Crippen LogP contribution >= 0.6 is 0 Å². The van der Waals surface area contributed by atoms with Gasteiger partial charge in [0.25, 0.3) is 0 Å². The summed E-state index contributed by atoms with van der Waals surface area (Å²) in [5.41, 5.74) is 0. The van der Waals surface area contributed by atoms with Crippen molar-refractivity contribution >= 4 is 6.09 Å². The van der Waals surface area contributed by atoms with E-state index in [-0.39, 0.29) is 6.09 Å². The molecule has 4 heteroatoms. The normalized spacial score (nSPS) is 15.8. The molecule has 1 saturated heterocycles. The van der Waals surface area contributed by atoms with Gasteiger partial charge in [-0.25, -0.2) is 4.79 Å². The van der Waals surface area contributed by atoms with Crippen LogP contribution in [0.5, 0.6) is 5.75 Å². The Hall–Kier alpha value is -1.55. The molecule has 0 unspecified atom stereocenters. The monoisotopic (exact) mass is 276 g/mol. The van der Waals surface area contributed by atoms with Crippen molar-refractivity contribution in [3.8, 4) is 5.75 Å². The number of hydrogen-bond acceptors (Lipinski definition) is 3. The smallest absolute Gasteiger partial charge is 0.410 e. The highest BCUT2D eigenvalue weighted by molar-refractivity contribution is 5.70. The van der Waals surface area contributed by atoms with Gasteiger partial charge in [0.05, 0.1) is 0 Å². The molecular weight excluding hydrogens is 252 g/mol. The third-order valence-electron chi connectivity index (χ3n) is 3.64. The van der Waals surface area contributed by atoms with Crippen molar-refractivity contribution in [2.24, 2.45) is 5.92 Å². The summed E-state index contributed by atoms with van der Waals surface area (Å²) >= 11 is 0. The quantitative estimate of drug-likeness (QED) is 0.899. The Labute approximate surface area is 121 Å². The number of carbonyl (C=O) groups excluding carboxylic acids is 1. The van der Waals surface area contributed by atoms with Gasteiger partial charge in [-0.2, -0.15) is 0 Å². The zero-order valence-electron chi connectivity index (χ0n) is 12.2. The molecule has 1 aliphatic heterocycles. The SMILES string of the molecule is CCCN(CC1CCNCC1)C(=O)Oc1ccccc1. The van der Waals surface area contributed by atoms with Crippen LogP contribution < -0.4 is 10.1 Å². The van der Waals surface area contributed by atoms with Crippen molar-refractivity contribution in [2.45, 2.75) is 26.2 Å². The fourth-order valence-corrected chi connectivity index (χ4v) is 2.56. The van der Waals surface area contributed by atoms with E-state index >= 15 is 0 Å². The maximum Gasteiger partial charge on any atom is 0.415 e. The van der Waals surface area contributed by atoms with Crippen molar-refractivity contribution < 1.29 is 9.53 Å². The van der Waals surface area contributed by atoms with Gasteiger partial charge >= 0.3 is 6.09 Å². The second-order valence-electron chi connectivity index (χ2n) is 5.32. The Morgan fingerprint density at radius 2 is 2.00 bits per heavy atom. The molecular formula is C16H24N2O2. The topological polar surface area (TPSA) is 41.6 Å². The molecule has 4 nitrogen and oxygen atoms in total. The van der Waals surface area contributed by atoms with Crippen molar-refractivity contribution in [3.05, 3.63) is 30.3 Å². The summed E-state index contributed by atoms with van der Waals surface area (Å²) < 4.78 is 5.44. The van der Waals surface area contributed by atoms with Crippen LogP contribution in [0.4, 0.5) is 4.79 Å². The van der Waals surface area contributed by atoms with E-state index in [4.69, 9.17) is 4.74 Å². The first-order valence-corrected chi connectivity index (χ1v) is 7.52. The fourth-order valence-electron chi connectivity index (χ4n) is 2.56. The van der Waals surface area contributed by atoms with Crippen molar-refractivity contribution in [1.82, 2.24) is 10.2 Å². The van der Waals surface area contributed by atoms with E-state index < -0.39 is 0 Å². The lowest BCUT2D eigenvalue weighted by molar-refractivity contribution is 0.138. The molecule has 1 heterocycles. The lowest BCUT2D eigenvalue weighted by Gasteiger charge is -2.29. The zero-order valence-corrected chi connectivity index (χ0v) is 12.2. The van der Waals surface area contributed by atoms with Gasteiger partial charge in [-0.1, -0.05) is 25.1 Å². The average Bonchev–Trinajstić information content (AvgIpc) is 2.49. The summed E-state index contributed by atoms with van der Waals surface area (Å²) in [5, 5.41) is 3.35. The molecule has 0 aromatic heterocycles. The minimum absolute atomic E-state index is 0.225. The van der Waals surface area contributed by atoms with E-state index in [9.17, 15) is 4.79 Å². The van der Waals surface area contributed by atoms with Gasteiger partial charge in [-0.3, -0.25) is 0 Å². The number of carbonyl (C=O) groups is 1. The van der Waals surface area contributed by atoms with Crippen LogP contribution in [0.3, 0.4) is 0 Å². The predicted molar refractivity (Wildman–Crippen MR) is 79.9 cm³/mol. The number of nitrogens with zero attached hydrogens (tertiary/aromatic N) is 1. The Morgan fingerprint density at radius 3 is 2.65 bits per heavy atom. The molecule has 0 radical (unpaired) electrons. The highest BCUT2D eigenvalue weighted by atomic mass is 16.6. The third kappa shape index (κ3) is 4.53. The Morgan fingerprint density at radius 1 is 1.30 bits per heavy atom. The Kier molecular flexibility index (Phi) is 5.87. The van der Waals surface area contributed by atoms with E-state index in [0.717, 1.165) is 45.4 Å². The van der Waals surface area contributed by atoms with Gasteiger partial charge in [-0.05, 0) is 50.4 Å². The Bertz CT molecular complexity index is 402. The standard InChI is InChI=1S/C16H24N2O2/c1-2-12-18(13-14-8-10-17-11-9-14)16(19)20-15-6-4-3-5-7-15/h3-7,14,17H,2,8-13H2,1H3. The average molecular weight is 276 g/mol. The van der Waals surface area contributed by atoms with Gasteiger partial charge < -0.3 is 15.0 Å². The number of rotatable bonds is 5. The lowest BCUT2D eigenvalue weighted by Crippen LogP contribution is -2.41. The summed E-state index contributed by atoms with van der Waals surface area (Å²) in [5.74, 6) is 1.20. The Balaban J connectivity index is 1.90. The van der Waals surface area contributed by atoms with Crippen molar-refractivity contribution in [1.29, 1.82) is 0 Å². The number of hydrogen-bond donors (Lipinski definition) is 1. The molecule has 0 bridgehead atoms. The summed E-state index contributed by atoms with van der Waals surface area (Å²) in [7, 11) is 0. The van der Waals surface area contributed by atoms with Crippen LogP contribution in [-0.4, -0.2) is 37.2 Å². The number of benzene rings is 1. The fraction of sp³-hybridized carbons (Fsp3) is 0.562. The van der Waals surface area contributed by atoms with Crippen LogP contribution in [-0.2, 0) is 0 Å². The molecule has 1 aliphatic rings. The number of piperidine rings is 1. The lowest BCUT2D eigenvalue weighted by atomic mass is 9.97. The van der Waals surface area contributed by atoms with E-state index in [1.807, 2.05) is 35.2 Å². The van der Waals surface area contributed by atoms with Crippen LogP contribution in [0.2, 0.25) is 0 Å². The van der Waals surface area contributed by atoms with Crippen molar-refractivity contribution in [2.75, 3.05) is 26.2 Å². The first-order valence-electron chi connectivity index (χ1n) is 7.52. The first kappa shape index (κ1) is 14.9. The number of ether oxygens (including phenoxy) is 1. The molecule has 1 N–H and O–H groups in total. The zero-order chi connectivity index (χ0) is 14.2. The van der Waals surface area contributed by atoms with Gasteiger partial charge in [0, 0.05) is 13.1 Å². The summed E-state index contributed by atoms with van der Waals surface area (Å²) in [6, 6.07) is 9.29. The molecule has 0 atom stereocenters. The maximum atomic E-state index is 12.3. The van der Waals surface area contributed by atoms with E-state index in [1.54, 1.807) is 0 Å². The molecule has 110 valence electrons. The summed E-state index contributed by atoms with van der Waals surface area (Å²) in [6.45, 7) is 5.76. The maximum absolute atomic E-state index is 12.3. The highest BCUT2D eigenvalue weighted by Crippen LogP contribution is 2.16. The van der Waals surface area contributed by atoms with E-state index in [0.29, 0.717) is 11.7 Å². The van der Waals surface area contributed by atoms with Crippen molar-refractivity contribution in [3.63, 3.8) is 0 Å². The van der Waals surface area contributed by atoms with Gasteiger partial charge in [-0.15, -0.1) is 0 Å². The molecule has 1 aromatic carbocycles. The number of nitrogens with one attached hydrogen (secondary N) is 1. The molecule has 2 rings (SSSR count). The molecule has 1 amide bonds. The molecule has 0 aliphatic carbocycles. The summed E-state index contributed by atoms with van der Waals surface area (Å²) in [6.07, 6.45) is 3.00. The second kappa shape index (κ2) is 7.90. The van der Waals surface area contributed by atoms with E-state index in [1.165, 1.54) is 0 Å². The number of amides is 1. The summed E-state index contributed by atoms with van der Waals surface area (Å²) in [4.78, 5) is 14.1. The van der Waals surface area contributed by atoms with Gasteiger partial charge in [0.2, 0.25) is 0 Å². The largest absolute Gasteiger partial charge is 0.415 e. The minimum Gasteiger partial charge on any atom is -0.410 e. The van der Waals surface area contributed by atoms with Crippen LogP contribution in [0.1, 0.15) is 26.2 Å². The third-order valence-corrected chi connectivity index (χ3v) is 3.64. The highest BCUT2D eigenvalue weighted by Gasteiger charge is 2.21. The molecule has 0 spiro atoms. The van der Waals surface area contributed by atoms with Crippen LogP contribution in [0.15, 0.2) is 30.3 Å². The van der Waals surface area contributed by atoms with Gasteiger partial charge in [0.15, 0.2) is 0 Å². The van der Waals surface area contributed by atoms with Gasteiger partial charge in [0.1, 0.15) is 5.75 Å². The van der Waals surface area contributed by atoms with Crippen LogP contribution in [0.25, 0.3) is 0 Å². The predicted octanol–water partition coefficient (Wildman–Crippen LogP) is 2.90. The first-order chi connectivity index (χ1) is 9.79. The molecule has 1 aromatic rings. The molecule has 20 heavy (non-hydrogen) atoms. The number of para-hydroxylation sites is 1. The minimum atomic E-state index is -0.225. The second-order valence-corrected chi connectivity index (χ2v) is 5.32.